The van der Waals surface area contributed by atoms with Gasteiger partial charge in [0, 0.05) is 36.9 Å². The minimum atomic E-state index is 0.0388. The van der Waals surface area contributed by atoms with E-state index in [0.29, 0.717) is 21.6 Å². The van der Waals surface area contributed by atoms with Crippen molar-refractivity contribution in [1.29, 1.82) is 0 Å². The number of nitrogens with zero attached hydrogens (tertiary/aromatic N) is 8. The van der Waals surface area contributed by atoms with Crippen LogP contribution in [0.2, 0.25) is 10.2 Å². The molecule has 5 rings (SSSR count). The normalized spacial score (nSPS) is 17.0. The summed E-state index contributed by atoms with van der Waals surface area (Å²) in [6, 6.07) is 3.62. The number of hydrogen-bond acceptors (Lipinski definition) is 7. The average Bonchev–Trinajstić information content (AvgIpc) is 3.44. The maximum atomic E-state index is 13.1. The molecule has 1 aliphatic heterocycles. The van der Waals surface area contributed by atoms with E-state index in [0.717, 1.165) is 42.6 Å². The second kappa shape index (κ2) is 9.17. The number of pyridine rings is 1. The minimum Gasteiger partial charge on any atom is -0.299 e. The summed E-state index contributed by atoms with van der Waals surface area (Å²) in [5.41, 5.74) is 3.26. The SMILES string of the molecule is CN1CCCC[C@H]1c1c(CC(=O)Cc2cnc(-n3nccn3)c(Cl)c2)cnc2cc(Cl)nn12. The first kappa shape index (κ1) is 21.9. The van der Waals surface area contributed by atoms with Crippen molar-refractivity contribution in [2.45, 2.75) is 38.1 Å². The van der Waals surface area contributed by atoms with Crippen molar-refractivity contribution in [3.8, 4) is 5.82 Å². The van der Waals surface area contributed by atoms with Crippen LogP contribution in [0.15, 0.2) is 36.9 Å². The number of aromatic nitrogens is 7. The number of carbonyl (C=O) groups is 1. The van der Waals surface area contributed by atoms with Crippen molar-refractivity contribution in [3.63, 3.8) is 0 Å². The quantitative estimate of drug-likeness (QED) is 0.413. The lowest BCUT2D eigenvalue weighted by atomic mass is 9.94. The highest BCUT2D eigenvalue weighted by molar-refractivity contribution is 6.32. The molecule has 5 heterocycles. The monoisotopic (exact) mass is 484 g/mol. The van der Waals surface area contributed by atoms with Crippen LogP contribution < -0.4 is 0 Å². The number of piperidine rings is 1. The molecule has 0 amide bonds. The molecule has 1 fully saturated rings. The average molecular weight is 485 g/mol. The van der Waals surface area contributed by atoms with Gasteiger partial charge in [0.05, 0.1) is 29.2 Å². The van der Waals surface area contributed by atoms with E-state index in [-0.39, 0.29) is 24.7 Å². The maximum absolute atomic E-state index is 13.1. The van der Waals surface area contributed by atoms with Gasteiger partial charge in [-0.2, -0.15) is 15.3 Å². The maximum Gasteiger partial charge on any atom is 0.193 e. The van der Waals surface area contributed by atoms with Crippen LogP contribution in [0.5, 0.6) is 0 Å². The van der Waals surface area contributed by atoms with E-state index in [4.69, 9.17) is 23.2 Å². The Hall–Kier alpha value is -2.88. The molecule has 1 atom stereocenters. The van der Waals surface area contributed by atoms with Crippen molar-refractivity contribution in [3.05, 3.63) is 63.9 Å². The molecule has 0 aromatic carbocycles. The van der Waals surface area contributed by atoms with Gasteiger partial charge in [0.15, 0.2) is 16.6 Å². The van der Waals surface area contributed by atoms with E-state index in [1.54, 1.807) is 41.4 Å². The number of carbonyl (C=O) groups excluding carboxylic acids is 1. The molecule has 0 unspecified atom stereocenters. The molecule has 1 saturated heterocycles. The summed E-state index contributed by atoms with van der Waals surface area (Å²) in [5, 5.41) is 13.3. The number of halogens is 2. The number of Topliss-reactive ketones (excluding diaryl/α,β-unsaturated/α-hetero) is 1. The third-order valence-corrected chi connectivity index (χ3v) is 6.39. The molecule has 1 aliphatic rings. The molecule has 0 aliphatic carbocycles. The van der Waals surface area contributed by atoms with E-state index in [1.165, 1.54) is 4.80 Å². The minimum absolute atomic E-state index is 0.0388. The summed E-state index contributed by atoms with van der Waals surface area (Å²) in [4.78, 5) is 25.5. The van der Waals surface area contributed by atoms with E-state index < -0.39 is 0 Å². The highest BCUT2D eigenvalue weighted by Gasteiger charge is 2.27. The Morgan fingerprint density at radius 1 is 1.09 bits per heavy atom. The molecule has 0 radical (unpaired) electrons. The first-order valence-electron chi connectivity index (χ1n) is 10.8. The number of rotatable bonds is 6. The highest BCUT2D eigenvalue weighted by atomic mass is 35.5. The lowest BCUT2D eigenvalue weighted by molar-refractivity contribution is -0.117. The third kappa shape index (κ3) is 4.48. The third-order valence-electron chi connectivity index (χ3n) is 5.93. The van der Waals surface area contributed by atoms with Gasteiger partial charge in [0.1, 0.15) is 5.78 Å². The van der Waals surface area contributed by atoms with Crippen LogP contribution in [0, 0.1) is 0 Å². The van der Waals surface area contributed by atoms with E-state index >= 15 is 0 Å². The van der Waals surface area contributed by atoms with Gasteiger partial charge in [-0.25, -0.2) is 14.5 Å². The molecule has 170 valence electrons. The van der Waals surface area contributed by atoms with E-state index in [2.05, 4.69) is 37.2 Å². The van der Waals surface area contributed by atoms with Crippen LogP contribution >= 0.6 is 23.2 Å². The molecule has 9 nitrogen and oxygen atoms in total. The van der Waals surface area contributed by atoms with Gasteiger partial charge in [-0.3, -0.25) is 9.69 Å². The zero-order valence-corrected chi connectivity index (χ0v) is 19.5. The summed E-state index contributed by atoms with van der Waals surface area (Å²) in [6.45, 7) is 0.999. The second-order valence-corrected chi connectivity index (χ2v) is 9.05. The van der Waals surface area contributed by atoms with Crippen LogP contribution in [-0.2, 0) is 17.6 Å². The first-order valence-corrected chi connectivity index (χ1v) is 11.5. The van der Waals surface area contributed by atoms with Gasteiger partial charge in [0.2, 0.25) is 0 Å². The lowest BCUT2D eigenvalue weighted by Crippen LogP contribution is -2.32. The molecule has 4 aromatic rings. The van der Waals surface area contributed by atoms with Crippen molar-refractivity contribution in [2.75, 3.05) is 13.6 Å². The molecule has 0 N–H and O–H groups in total. The summed E-state index contributed by atoms with van der Waals surface area (Å²) < 4.78 is 1.79. The van der Waals surface area contributed by atoms with Crippen LogP contribution in [0.25, 0.3) is 11.5 Å². The van der Waals surface area contributed by atoms with Crippen molar-refractivity contribution >= 4 is 34.6 Å². The smallest absolute Gasteiger partial charge is 0.193 e. The van der Waals surface area contributed by atoms with Crippen LogP contribution in [0.4, 0.5) is 0 Å². The van der Waals surface area contributed by atoms with Gasteiger partial charge in [0.25, 0.3) is 0 Å². The molecular formula is C22H22Cl2N8O. The van der Waals surface area contributed by atoms with Crippen LogP contribution in [-0.4, -0.2) is 58.9 Å². The summed E-state index contributed by atoms with van der Waals surface area (Å²) in [5.74, 6) is 0.461. The van der Waals surface area contributed by atoms with Gasteiger partial charge in [-0.1, -0.05) is 29.6 Å². The van der Waals surface area contributed by atoms with Crippen LogP contribution in [0.3, 0.4) is 0 Å². The fourth-order valence-corrected chi connectivity index (χ4v) is 4.85. The Labute approximate surface area is 200 Å². The predicted molar refractivity (Wildman–Crippen MR) is 124 cm³/mol. The van der Waals surface area contributed by atoms with Crippen molar-refractivity contribution < 1.29 is 4.79 Å². The summed E-state index contributed by atoms with van der Waals surface area (Å²) in [7, 11) is 2.11. The van der Waals surface area contributed by atoms with Gasteiger partial charge in [-0.15, -0.1) is 4.80 Å². The number of hydrogen-bond donors (Lipinski definition) is 0. The second-order valence-electron chi connectivity index (χ2n) is 8.26. The molecule has 0 bridgehead atoms. The topological polar surface area (TPSA) is 94.1 Å². The van der Waals surface area contributed by atoms with Crippen molar-refractivity contribution in [2.24, 2.45) is 0 Å². The Morgan fingerprint density at radius 3 is 2.67 bits per heavy atom. The molecular weight excluding hydrogens is 463 g/mol. The Bertz CT molecular complexity index is 1300. The Morgan fingerprint density at radius 2 is 1.91 bits per heavy atom. The van der Waals surface area contributed by atoms with Crippen molar-refractivity contribution in [1.82, 2.24) is 39.5 Å². The molecule has 0 spiro atoms. The fourth-order valence-electron chi connectivity index (χ4n) is 4.41. The first-order chi connectivity index (χ1) is 16.0. The van der Waals surface area contributed by atoms with Gasteiger partial charge >= 0.3 is 0 Å². The number of ketones is 1. The largest absolute Gasteiger partial charge is 0.299 e. The van der Waals surface area contributed by atoms with Crippen LogP contribution in [0.1, 0.15) is 42.1 Å². The molecule has 11 heteroatoms. The number of fused-ring (bicyclic) bond motifs is 1. The highest BCUT2D eigenvalue weighted by Crippen LogP contribution is 2.32. The standard InChI is InChI=1S/C22H22Cl2N8O/c1-30-7-3-2-4-18(30)21-15(13-25-20-11-19(24)29-31(20)21)10-16(33)8-14-9-17(23)22(26-12-14)32-27-5-6-28-32/h5-6,9,11-13,18H,2-4,7-8,10H2,1H3/t18-/m0/s1. The Kier molecular flexibility index (Phi) is 6.09. The zero-order chi connectivity index (χ0) is 22.9. The van der Waals surface area contributed by atoms with E-state index in [9.17, 15) is 4.79 Å². The lowest BCUT2D eigenvalue weighted by Gasteiger charge is -2.33. The molecule has 0 saturated carbocycles. The molecule has 4 aromatic heterocycles. The summed E-state index contributed by atoms with van der Waals surface area (Å²) in [6.07, 6.45) is 10.2. The fraction of sp³-hybridized carbons (Fsp3) is 0.364. The summed E-state index contributed by atoms with van der Waals surface area (Å²) >= 11 is 12.5. The Balaban J connectivity index is 1.41. The van der Waals surface area contributed by atoms with Gasteiger partial charge < -0.3 is 0 Å². The predicted octanol–water partition coefficient (Wildman–Crippen LogP) is 3.52. The van der Waals surface area contributed by atoms with E-state index in [1.807, 2.05) is 0 Å². The molecule has 33 heavy (non-hydrogen) atoms. The zero-order valence-electron chi connectivity index (χ0n) is 18.0. The van der Waals surface area contributed by atoms with Gasteiger partial charge in [-0.05, 0) is 38.1 Å². The number of likely N-dealkylation sites (tertiary alicyclic amines) is 1.